The molecule has 1 aromatic heterocycles. The SMILES string of the molecule is CCCC(C)(O)CNC(=O)c1occc1-c1ccccc1. The number of amides is 1. The van der Waals surface area contributed by atoms with Gasteiger partial charge in [-0.3, -0.25) is 4.79 Å². The van der Waals surface area contributed by atoms with E-state index in [-0.39, 0.29) is 18.2 Å². The van der Waals surface area contributed by atoms with Crippen molar-refractivity contribution in [2.24, 2.45) is 0 Å². The molecule has 0 fully saturated rings. The van der Waals surface area contributed by atoms with Crippen molar-refractivity contribution in [1.82, 2.24) is 5.32 Å². The lowest BCUT2D eigenvalue weighted by Crippen LogP contribution is -2.40. The van der Waals surface area contributed by atoms with E-state index in [0.717, 1.165) is 17.5 Å². The lowest BCUT2D eigenvalue weighted by Gasteiger charge is -2.22. The lowest BCUT2D eigenvalue weighted by atomic mass is 10.0. The summed E-state index contributed by atoms with van der Waals surface area (Å²) >= 11 is 0. The molecule has 0 aliphatic heterocycles. The maximum atomic E-state index is 12.2. The van der Waals surface area contributed by atoms with Crippen molar-refractivity contribution in [2.75, 3.05) is 6.54 Å². The molecule has 0 saturated heterocycles. The summed E-state index contributed by atoms with van der Waals surface area (Å²) in [4.78, 5) is 12.2. The first-order chi connectivity index (χ1) is 10.0. The molecule has 2 N–H and O–H groups in total. The number of hydrogen-bond acceptors (Lipinski definition) is 3. The molecule has 112 valence electrons. The second-order valence-corrected chi connectivity index (χ2v) is 5.46. The van der Waals surface area contributed by atoms with Crippen LogP contribution in [0.3, 0.4) is 0 Å². The molecule has 1 heterocycles. The van der Waals surface area contributed by atoms with Gasteiger partial charge in [0.15, 0.2) is 5.76 Å². The van der Waals surface area contributed by atoms with Gasteiger partial charge in [0.25, 0.3) is 5.91 Å². The zero-order chi connectivity index (χ0) is 15.3. The Labute approximate surface area is 124 Å². The third-order valence-electron chi connectivity index (χ3n) is 3.37. The number of furan rings is 1. The summed E-state index contributed by atoms with van der Waals surface area (Å²) in [5, 5.41) is 12.8. The smallest absolute Gasteiger partial charge is 0.287 e. The van der Waals surface area contributed by atoms with Crippen LogP contribution in [0.4, 0.5) is 0 Å². The predicted molar refractivity (Wildman–Crippen MR) is 82.0 cm³/mol. The zero-order valence-corrected chi connectivity index (χ0v) is 12.4. The molecule has 1 aromatic carbocycles. The van der Waals surface area contributed by atoms with Crippen molar-refractivity contribution >= 4 is 5.91 Å². The number of carbonyl (C=O) groups excluding carboxylic acids is 1. The first kappa shape index (κ1) is 15.3. The number of nitrogens with one attached hydrogen (secondary N) is 1. The summed E-state index contributed by atoms with van der Waals surface area (Å²) in [6.45, 7) is 3.92. The monoisotopic (exact) mass is 287 g/mol. The van der Waals surface area contributed by atoms with Crippen molar-refractivity contribution < 1.29 is 14.3 Å². The molecule has 2 rings (SSSR count). The molecule has 4 heteroatoms. The van der Waals surface area contributed by atoms with E-state index < -0.39 is 5.60 Å². The molecule has 0 aliphatic rings. The fourth-order valence-corrected chi connectivity index (χ4v) is 2.31. The van der Waals surface area contributed by atoms with Gasteiger partial charge < -0.3 is 14.8 Å². The molecule has 1 atom stereocenters. The first-order valence-corrected chi connectivity index (χ1v) is 7.17. The summed E-state index contributed by atoms with van der Waals surface area (Å²) in [7, 11) is 0. The molecule has 2 aromatic rings. The Bertz CT molecular complexity index is 587. The van der Waals surface area contributed by atoms with Gasteiger partial charge in [-0.1, -0.05) is 43.7 Å². The summed E-state index contributed by atoms with van der Waals surface area (Å²) < 4.78 is 5.31. The Morgan fingerprint density at radius 1 is 1.29 bits per heavy atom. The molecule has 0 spiro atoms. The van der Waals surface area contributed by atoms with Crippen molar-refractivity contribution in [2.45, 2.75) is 32.3 Å². The highest BCUT2D eigenvalue weighted by atomic mass is 16.3. The van der Waals surface area contributed by atoms with Gasteiger partial charge in [0.2, 0.25) is 0 Å². The minimum Gasteiger partial charge on any atom is -0.459 e. The van der Waals surface area contributed by atoms with Gasteiger partial charge in [-0.05, 0) is 25.0 Å². The Kier molecular flexibility index (Phi) is 4.81. The van der Waals surface area contributed by atoms with E-state index >= 15 is 0 Å². The minimum atomic E-state index is -0.899. The predicted octanol–water partition coefficient (Wildman–Crippen LogP) is 3.23. The van der Waals surface area contributed by atoms with Crippen LogP contribution in [0.5, 0.6) is 0 Å². The Morgan fingerprint density at radius 2 is 2.00 bits per heavy atom. The number of benzene rings is 1. The van der Waals surface area contributed by atoms with E-state index in [4.69, 9.17) is 4.42 Å². The number of rotatable bonds is 6. The van der Waals surface area contributed by atoms with E-state index in [1.165, 1.54) is 6.26 Å². The average Bonchev–Trinajstić information content (AvgIpc) is 2.95. The molecule has 0 radical (unpaired) electrons. The maximum Gasteiger partial charge on any atom is 0.287 e. The topological polar surface area (TPSA) is 62.5 Å². The van der Waals surface area contributed by atoms with Crippen LogP contribution in [0.1, 0.15) is 37.2 Å². The summed E-state index contributed by atoms with van der Waals surface area (Å²) in [5.41, 5.74) is 0.782. The second-order valence-electron chi connectivity index (χ2n) is 5.46. The molecule has 0 bridgehead atoms. The number of hydrogen-bond donors (Lipinski definition) is 2. The van der Waals surface area contributed by atoms with Gasteiger partial charge in [0, 0.05) is 12.1 Å². The highest BCUT2D eigenvalue weighted by Crippen LogP contribution is 2.24. The highest BCUT2D eigenvalue weighted by Gasteiger charge is 2.22. The highest BCUT2D eigenvalue weighted by molar-refractivity contribution is 5.98. The van der Waals surface area contributed by atoms with Crippen LogP contribution in [0.25, 0.3) is 11.1 Å². The Balaban J connectivity index is 2.10. The van der Waals surface area contributed by atoms with E-state index in [2.05, 4.69) is 5.32 Å². The Morgan fingerprint density at radius 3 is 2.67 bits per heavy atom. The van der Waals surface area contributed by atoms with Crippen LogP contribution >= 0.6 is 0 Å². The molecule has 0 saturated carbocycles. The molecule has 21 heavy (non-hydrogen) atoms. The minimum absolute atomic E-state index is 0.203. The van der Waals surface area contributed by atoms with Crippen molar-refractivity contribution in [3.8, 4) is 11.1 Å². The molecular weight excluding hydrogens is 266 g/mol. The van der Waals surface area contributed by atoms with Crippen LogP contribution in [0, 0.1) is 0 Å². The zero-order valence-electron chi connectivity index (χ0n) is 12.4. The molecule has 0 aliphatic carbocycles. The van der Waals surface area contributed by atoms with Gasteiger partial charge in [-0.2, -0.15) is 0 Å². The maximum absolute atomic E-state index is 12.2. The summed E-state index contributed by atoms with van der Waals surface area (Å²) in [5.74, 6) is -0.0382. The number of aliphatic hydroxyl groups is 1. The van der Waals surface area contributed by atoms with E-state index in [0.29, 0.717) is 6.42 Å². The van der Waals surface area contributed by atoms with Crippen molar-refractivity contribution in [1.29, 1.82) is 0 Å². The first-order valence-electron chi connectivity index (χ1n) is 7.17. The third-order valence-corrected chi connectivity index (χ3v) is 3.37. The lowest BCUT2D eigenvalue weighted by molar-refractivity contribution is 0.0463. The fraction of sp³-hybridized carbons (Fsp3) is 0.353. The molecule has 1 amide bonds. The largest absolute Gasteiger partial charge is 0.459 e. The molecule has 1 unspecified atom stereocenters. The summed E-state index contributed by atoms with van der Waals surface area (Å²) in [6.07, 6.45) is 3.00. The average molecular weight is 287 g/mol. The van der Waals surface area contributed by atoms with Gasteiger partial charge in [0.05, 0.1) is 11.9 Å². The fourth-order valence-electron chi connectivity index (χ4n) is 2.31. The normalized spacial score (nSPS) is 13.7. The van der Waals surface area contributed by atoms with E-state index in [1.54, 1.807) is 13.0 Å². The van der Waals surface area contributed by atoms with Crippen molar-refractivity contribution in [3.63, 3.8) is 0 Å². The van der Waals surface area contributed by atoms with Crippen LogP contribution in [0.2, 0.25) is 0 Å². The second kappa shape index (κ2) is 6.59. The standard InChI is InChI=1S/C17H21NO3/c1-3-10-17(2,20)12-18-16(19)15-14(9-11-21-15)13-7-5-4-6-8-13/h4-9,11,20H,3,10,12H2,1-2H3,(H,18,19). The number of carbonyl (C=O) groups is 1. The molecular formula is C17H21NO3. The van der Waals surface area contributed by atoms with Gasteiger partial charge in [0.1, 0.15) is 0 Å². The van der Waals surface area contributed by atoms with Gasteiger partial charge >= 0.3 is 0 Å². The van der Waals surface area contributed by atoms with E-state index in [9.17, 15) is 9.90 Å². The van der Waals surface area contributed by atoms with Crippen LogP contribution in [0.15, 0.2) is 47.1 Å². The Hall–Kier alpha value is -2.07. The van der Waals surface area contributed by atoms with E-state index in [1.807, 2.05) is 37.3 Å². The van der Waals surface area contributed by atoms with Crippen molar-refractivity contribution in [3.05, 3.63) is 48.4 Å². The third kappa shape index (κ3) is 3.95. The van der Waals surface area contributed by atoms with Crippen LogP contribution in [-0.4, -0.2) is 23.2 Å². The van der Waals surface area contributed by atoms with Crippen LogP contribution in [-0.2, 0) is 0 Å². The van der Waals surface area contributed by atoms with Gasteiger partial charge in [-0.25, -0.2) is 0 Å². The van der Waals surface area contributed by atoms with Gasteiger partial charge in [-0.15, -0.1) is 0 Å². The van der Waals surface area contributed by atoms with Crippen LogP contribution < -0.4 is 5.32 Å². The summed E-state index contributed by atoms with van der Waals surface area (Å²) in [6, 6.07) is 11.4. The quantitative estimate of drug-likeness (QED) is 0.857. The molecule has 4 nitrogen and oxygen atoms in total.